The van der Waals surface area contributed by atoms with Crippen LogP contribution < -0.4 is 5.32 Å². The minimum absolute atomic E-state index is 0.104. The number of amides is 1. The van der Waals surface area contributed by atoms with E-state index in [0.717, 1.165) is 4.47 Å². The molecule has 0 aliphatic rings. The maximum Gasteiger partial charge on any atom is 0.287 e. The van der Waals surface area contributed by atoms with Crippen LogP contribution in [0.15, 0.2) is 40.9 Å². The summed E-state index contributed by atoms with van der Waals surface area (Å²) in [7, 11) is 0. The van der Waals surface area contributed by atoms with Crippen molar-refractivity contribution in [3.05, 3.63) is 66.6 Å². The van der Waals surface area contributed by atoms with Crippen molar-refractivity contribution in [1.29, 1.82) is 0 Å². The SMILES string of the molecule is O=C(Nc1cc(Br)ccc1Cl)c1ccc([N+](=O)[O-])c(Cl)c1. The van der Waals surface area contributed by atoms with E-state index in [0.29, 0.717) is 10.7 Å². The first-order valence-corrected chi connectivity index (χ1v) is 7.13. The number of halogens is 3. The van der Waals surface area contributed by atoms with E-state index in [-0.39, 0.29) is 16.3 Å². The maximum absolute atomic E-state index is 12.1. The molecule has 0 heterocycles. The van der Waals surface area contributed by atoms with Gasteiger partial charge in [0.2, 0.25) is 0 Å². The lowest BCUT2D eigenvalue weighted by Crippen LogP contribution is -2.12. The van der Waals surface area contributed by atoms with Crippen LogP contribution in [-0.4, -0.2) is 10.8 Å². The first-order chi connectivity index (χ1) is 9.88. The molecule has 0 bridgehead atoms. The fourth-order valence-corrected chi connectivity index (χ4v) is 2.36. The van der Waals surface area contributed by atoms with Crippen LogP contribution in [0.4, 0.5) is 11.4 Å². The lowest BCUT2D eigenvalue weighted by Gasteiger charge is -2.08. The van der Waals surface area contributed by atoms with Gasteiger partial charge in [0, 0.05) is 16.1 Å². The van der Waals surface area contributed by atoms with Gasteiger partial charge in [-0.25, -0.2) is 0 Å². The van der Waals surface area contributed by atoms with Crippen LogP contribution in [-0.2, 0) is 0 Å². The van der Waals surface area contributed by atoms with Gasteiger partial charge in [0.15, 0.2) is 0 Å². The van der Waals surface area contributed by atoms with Crippen molar-refractivity contribution >= 4 is 56.4 Å². The van der Waals surface area contributed by atoms with E-state index in [1.807, 2.05) is 0 Å². The van der Waals surface area contributed by atoms with E-state index in [2.05, 4.69) is 21.2 Å². The molecule has 0 aliphatic carbocycles. The summed E-state index contributed by atoms with van der Waals surface area (Å²) in [6.07, 6.45) is 0. The third-order valence-corrected chi connectivity index (χ3v) is 3.71. The normalized spacial score (nSPS) is 10.2. The zero-order valence-electron chi connectivity index (χ0n) is 10.3. The largest absolute Gasteiger partial charge is 0.321 e. The van der Waals surface area contributed by atoms with Crippen molar-refractivity contribution in [3.8, 4) is 0 Å². The summed E-state index contributed by atoms with van der Waals surface area (Å²) < 4.78 is 0.754. The number of nitro benzene ring substituents is 1. The van der Waals surface area contributed by atoms with Crippen LogP contribution in [0.2, 0.25) is 10.0 Å². The fourth-order valence-electron chi connectivity index (χ4n) is 1.58. The molecule has 0 radical (unpaired) electrons. The molecule has 1 amide bonds. The van der Waals surface area contributed by atoms with Crippen molar-refractivity contribution < 1.29 is 9.72 Å². The van der Waals surface area contributed by atoms with Gasteiger partial charge in [0.25, 0.3) is 11.6 Å². The number of benzene rings is 2. The summed E-state index contributed by atoms with van der Waals surface area (Å²) in [6.45, 7) is 0. The number of anilines is 1. The molecule has 0 spiro atoms. The van der Waals surface area contributed by atoms with Gasteiger partial charge in [0.05, 0.1) is 15.6 Å². The van der Waals surface area contributed by atoms with E-state index in [9.17, 15) is 14.9 Å². The van der Waals surface area contributed by atoms with Gasteiger partial charge in [-0.05, 0) is 30.3 Å². The molecule has 0 saturated heterocycles. The topological polar surface area (TPSA) is 72.2 Å². The van der Waals surface area contributed by atoms with E-state index >= 15 is 0 Å². The van der Waals surface area contributed by atoms with Gasteiger partial charge in [-0.15, -0.1) is 0 Å². The fraction of sp³-hybridized carbons (Fsp3) is 0. The second-order valence-corrected chi connectivity index (χ2v) is 5.73. The molecule has 0 saturated carbocycles. The Balaban J connectivity index is 2.26. The number of carbonyl (C=O) groups excluding carboxylic acids is 1. The summed E-state index contributed by atoms with van der Waals surface area (Å²) in [5.74, 6) is -0.466. The minimum atomic E-state index is -0.616. The molecule has 8 heteroatoms. The highest BCUT2D eigenvalue weighted by atomic mass is 79.9. The Bertz CT molecular complexity index is 737. The number of nitro groups is 1. The van der Waals surface area contributed by atoms with E-state index in [1.54, 1.807) is 18.2 Å². The Kier molecular flexibility index (Phi) is 4.82. The Labute approximate surface area is 138 Å². The second kappa shape index (κ2) is 6.43. The van der Waals surface area contributed by atoms with Crippen LogP contribution in [0.25, 0.3) is 0 Å². The second-order valence-electron chi connectivity index (χ2n) is 4.00. The monoisotopic (exact) mass is 388 g/mol. The molecule has 0 aromatic heterocycles. The van der Waals surface area contributed by atoms with Crippen LogP contribution in [0.5, 0.6) is 0 Å². The van der Waals surface area contributed by atoms with Crippen LogP contribution in [0.3, 0.4) is 0 Å². The van der Waals surface area contributed by atoms with Gasteiger partial charge in [-0.3, -0.25) is 14.9 Å². The van der Waals surface area contributed by atoms with Crippen molar-refractivity contribution in [2.45, 2.75) is 0 Å². The summed E-state index contributed by atoms with van der Waals surface area (Å²) >= 11 is 15.0. The Morgan fingerprint density at radius 3 is 2.48 bits per heavy atom. The predicted molar refractivity (Wildman–Crippen MR) is 85.2 cm³/mol. The molecular weight excluding hydrogens is 383 g/mol. The number of nitrogens with one attached hydrogen (secondary N) is 1. The molecule has 0 atom stereocenters. The van der Waals surface area contributed by atoms with Gasteiger partial charge < -0.3 is 5.32 Å². The van der Waals surface area contributed by atoms with Gasteiger partial charge in [-0.1, -0.05) is 39.1 Å². The molecule has 5 nitrogen and oxygen atoms in total. The molecule has 21 heavy (non-hydrogen) atoms. The van der Waals surface area contributed by atoms with E-state index < -0.39 is 10.8 Å². The lowest BCUT2D eigenvalue weighted by molar-refractivity contribution is -0.384. The molecular formula is C13H7BrCl2N2O3. The third-order valence-electron chi connectivity index (χ3n) is 2.58. The smallest absolute Gasteiger partial charge is 0.287 e. The maximum atomic E-state index is 12.1. The first-order valence-electron chi connectivity index (χ1n) is 5.59. The first kappa shape index (κ1) is 15.8. The van der Waals surface area contributed by atoms with Gasteiger partial charge >= 0.3 is 0 Å². The molecule has 0 fully saturated rings. The van der Waals surface area contributed by atoms with Crippen molar-refractivity contribution in [3.63, 3.8) is 0 Å². The third kappa shape index (κ3) is 3.72. The molecule has 2 aromatic rings. The molecule has 2 aromatic carbocycles. The number of hydrogen-bond donors (Lipinski definition) is 1. The Morgan fingerprint density at radius 1 is 1.14 bits per heavy atom. The zero-order valence-corrected chi connectivity index (χ0v) is 13.4. The van der Waals surface area contributed by atoms with Crippen molar-refractivity contribution in [2.75, 3.05) is 5.32 Å². The molecule has 1 N–H and O–H groups in total. The van der Waals surface area contributed by atoms with Crippen LogP contribution in [0.1, 0.15) is 10.4 Å². The highest BCUT2D eigenvalue weighted by molar-refractivity contribution is 9.10. The standard InChI is InChI=1S/C13H7BrCl2N2O3/c14-8-2-3-9(15)11(6-8)17-13(19)7-1-4-12(18(20)21)10(16)5-7/h1-6H,(H,17,19). The summed E-state index contributed by atoms with van der Waals surface area (Å²) in [4.78, 5) is 22.2. The van der Waals surface area contributed by atoms with E-state index in [4.69, 9.17) is 23.2 Å². The average Bonchev–Trinajstić information content (AvgIpc) is 2.42. The van der Waals surface area contributed by atoms with Crippen LogP contribution >= 0.6 is 39.1 Å². The van der Waals surface area contributed by atoms with Crippen LogP contribution in [0, 0.1) is 10.1 Å². The van der Waals surface area contributed by atoms with Gasteiger partial charge in [0.1, 0.15) is 5.02 Å². The summed E-state index contributed by atoms with van der Waals surface area (Å²) in [5.41, 5.74) is 0.362. The zero-order chi connectivity index (χ0) is 15.6. The average molecular weight is 390 g/mol. The highest BCUT2D eigenvalue weighted by Crippen LogP contribution is 2.28. The molecule has 2 rings (SSSR count). The number of rotatable bonds is 3. The Morgan fingerprint density at radius 2 is 1.86 bits per heavy atom. The number of nitrogens with zero attached hydrogens (tertiary/aromatic N) is 1. The van der Waals surface area contributed by atoms with E-state index in [1.165, 1.54) is 18.2 Å². The lowest BCUT2D eigenvalue weighted by atomic mass is 10.2. The summed E-state index contributed by atoms with van der Waals surface area (Å²) in [6, 6.07) is 8.75. The highest BCUT2D eigenvalue weighted by Gasteiger charge is 2.16. The van der Waals surface area contributed by atoms with Gasteiger partial charge in [-0.2, -0.15) is 0 Å². The minimum Gasteiger partial charge on any atom is -0.321 e. The molecule has 0 unspecified atom stereocenters. The quantitative estimate of drug-likeness (QED) is 0.598. The molecule has 0 aliphatic heterocycles. The van der Waals surface area contributed by atoms with Crippen molar-refractivity contribution in [2.24, 2.45) is 0 Å². The number of carbonyl (C=O) groups is 1. The van der Waals surface area contributed by atoms with Crippen molar-refractivity contribution in [1.82, 2.24) is 0 Å². The number of hydrogen-bond acceptors (Lipinski definition) is 3. The Hall–Kier alpha value is -1.63. The predicted octanol–water partition coefficient (Wildman–Crippen LogP) is 4.92. The molecule has 108 valence electrons. The summed E-state index contributed by atoms with van der Waals surface area (Å²) in [5, 5.41) is 13.6.